The quantitative estimate of drug-likeness (QED) is 0.555. The van der Waals surface area contributed by atoms with Crippen LogP contribution in [0.25, 0.3) is 0 Å². The van der Waals surface area contributed by atoms with Crippen LogP contribution in [0.3, 0.4) is 0 Å². The molecule has 2 rings (SSSR count). The Balaban J connectivity index is 2.14. The number of ether oxygens (including phenoxy) is 1. The molecule has 1 aromatic heterocycles. The van der Waals surface area contributed by atoms with Crippen molar-refractivity contribution < 1.29 is 9.53 Å². The number of hydrogen-bond donors (Lipinski definition) is 2. The molecule has 0 radical (unpaired) electrons. The molecule has 2 N–H and O–H groups in total. The summed E-state index contributed by atoms with van der Waals surface area (Å²) in [6, 6.07) is 6.91. The highest BCUT2D eigenvalue weighted by molar-refractivity contribution is 7.80. The first kappa shape index (κ1) is 18.0. The summed E-state index contributed by atoms with van der Waals surface area (Å²) in [6.07, 6.45) is 0.823. The molecule has 0 spiro atoms. The van der Waals surface area contributed by atoms with Crippen LogP contribution in [0.4, 0.5) is 10.7 Å². The number of rotatable bonds is 4. The number of nitrogens with one attached hydrogen (secondary N) is 2. The zero-order chi connectivity index (χ0) is 17.0. The van der Waals surface area contributed by atoms with Crippen molar-refractivity contribution >= 4 is 68.5 Å². The van der Waals surface area contributed by atoms with Gasteiger partial charge in [0.2, 0.25) is 0 Å². The van der Waals surface area contributed by atoms with Gasteiger partial charge in [-0.1, -0.05) is 30.1 Å². The second kappa shape index (κ2) is 7.97. The molecular formula is C15H14Cl2N2O2S2. The molecule has 8 heteroatoms. The van der Waals surface area contributed by atoms with Gasteiger partial charge in [-0.3, -0.25) is 0 Å². The molecule has 0 aliphatic carbocycles. The second-order valence-corrected chi connectivity index (χ2v) is 6.87. The van der Waals surface area contributed by atoms with E-state index in [0.29, 0.717) is 31.4 Å². The monoisotopic (exact) mass is 388 g/mol. The number of methoxy groups -OCH3 is 1. The molecule has 1 heterocycles. The first-order valence-corrected chi connectivity index (χ1v) is 8.66. The van der Waals surface area contributed by atoms with E-state index in [0.717, 1.165) is 11.3 Å². The first-order chi connectivity index (χ1) is 10.9. The van der Waals surface area contributed by atoms with E-state index in [1.165, 1.54) is 18.4 Å². The molecule has 0 bridgehead atoms. The van der Waals surface area contributed by atoms with Gasteiger partial charge in [0.1, 0.15) is 5.00 Å². The fraction of sp³-hybridized carbons (Fsp3) is 0.200. The van der Waals surface area contributed by atoms with Crippen molar-refractivity contribution in [2.45, 2.75) is 13.3 Å². The number of anilines is 2. The highest BCUT2D eigenvalue weighted by Gasteiger charge is 2.17. The van der Waals surface area contributed by atoms with Gasteiger partial charge in [-0.15, -0.1) is 11.3 Å². The lowest BCUT2D eigenvalue weighted by Crippen LogP contribution is -2.19. The molecule has 0 atom stereocenters. The van der Waals surface area contributed by atoms with E-state index in [4.69, 9.17) is 40.2 Å². The number of hydrogen-bond acceptors (Lipinski definition) is 4. The van der Waals surface area contributed by atoms with E-state index in [2.05, 4.69) is 10.6 Å². The Morgan fingerprint density at radius 3 is 2.61 bits per heavy atom. The van der Waals surface area contributed by atoms with Crippen LogP contribution in [0.1, 0.15) is 22.2 Å². The number of halogens is 2. The highest BCUT2D eigenvalue weighted by atomic mass is 35.5. The third-order valence-electron chi connectivity index (χ3n) is 2.94. The van der Waals surface area contributed by atoms with Gasteiger partial charge >= 0.3 is 5.97 Å². The topological polar surface area (TPSA) is 50.4 Å². The van der Waals surface area contributed by atoms with Crippen LogP contribution in [0.2, 0.25) is 10.0 Å². The van der Waals surface area contributed by atoms with E-state index < -0.39 is 5.97 Å². The Hall–Kier alpha value is -1.34. The summed E-state index contributed by atoms with van der Waals surface area (Å²) < 4.78 is 4.80. The Kier molecular flexibility index (Phi) is 6.24. The van der Waals surface area contributed by atoms with Crippen molar-refractivity contribution in [3.8, 4) is 0 Å². The smallest absolute Gasteiger partial charge is 0.340 e. The lowest BCUT2D eigenvalue weighted by Gasteiger charge is -2.11. The number of thiophene rings is 1. The zero-order valence-corrected chi connectivity index (χ0v) is 15.6. The summed E-state index contributed by atoms with van der Waals surface area (Å²) in [5.74, 6) is -0.402. The van der Waals surface area contributed by atoms with Crippen LogP contribution < -0.4 is 10.6 Å². The Bertz CT molecular complexity index is 747. The van der Waals surface area contributed by atoms with Crippen LogP contribution >= 0.6 is 46.8 Å². The second-order valence-electron chi connectivity index (χ2n) is 4.51. The molecule has 0 unspecified atom stereocenters. The van der Waals surface area contributed by atoms with Crippen LogP contribution in [0, 0.1) is 0 Å². The van der Waals surface area contributed by atoms with Crippen LogP contribution in [0.15, 0.2) is 24.3 Å². The molecule has 0 saturated heterocycles. The maximum atomic E-state index is 11.8. The van der Waals surface area contributed by atoms with Crippen molar-refractivity contribution in [1.29, 1.82) is 0 Å². The Morgan fingerprint density at radius 1 is 1.26 bits per heavy atom. The van der Waals surface area contributed by atoms with Crippen molar-refractivity contribution in [2.24, 2.45) is 0 Å². The highest BCUT2D eigenvalue weighted by Crippen LogP contribution is 2.30. The van der Waals surface area contributed by atoms with E-state index in [-0.39, 0.29) is 0 Å². The minimum Gasteiger partial charge on any atom is -0.465 e. The predicted molar refractivity (Wildman–Crippen MR) is 101 cm³/mol. The first-order valence-electron chi connectivity index (χ1n) is 6.68. The lowest BCUT2D eigenvalue weighted by atomic mass is 10.2. The summed E-state index contributed by atoms with van der Waals surface area (Å²) in [5.41, 5.74) is 1.16. The summed E-state index contributed by atoms with van der Waals surface area (Å²) in [5, 5.41) is 7.91. The van der Waals surface area contributed by atoms with E-state index in [1.807, 2.05) is 6.92 Å². The molecular weight excluding hydrogens is 375 g/mol. The van der Waals surface area contributed by atoms with Gasteiger partial charge in [0, 0.05) is 10.6 Å². The fourth-order valence-electron chi connectivity index (χ4n) is 1.81. The number of thiocarbonyl (C=S) groups is 1. The molecule has 122 valence electrons. The van der Waals surface area contributed by atoms with E-state index in [9.17, 15) is 4.79 Å². The molecule has 0 fully saturated rings. The summed E-state index contributed by atoms with van der Waals surface area (Å²) in [4.78, 5) is 12.9. The van der Waals surface area contributed by atoms with E-state index in [1.54, 1.807) is 24.3 Å². The van der Waals surface area contributed by atoms with Crippen LogP contribution in [-0.2, 0) is 11.2 Å². The van der Waals surface area contributed by atoms with Crippen molar-refractivity contribution in [1.82, 2.24) is 0 Å². The molecule has 0 saturated carbocycles. The minimum atomic E-state index is -0.402. The van der Waals surface area contributed by atoms with Gasteiger partial charge in [0.05, 0.1) is 22.7 Å². The van der Waals surface area contributed by atoms with Crippen molar-refractivity contribution in [2.75, 3.05) is 17.7 Å². The predicted octanol–water partition coefficient (Wildman–Crippen LogP) is 5.21. The van der Waals surface area contributed by atoms with Crippen LogP contribution in [-0.4, -0.2) is 18.2 Å². The van der Waals surface area contributed by atoms with Gasteiger partial charge in [-0.25, -0.2) is 4.79 Å². The van der Waals surface area contributed by atoms with Gasteiger partial charge in [-0.05, 0) is 42.9 Å². The standard InChI is InChI=1S/C15H14Cl2N2O2S2/c1-3-9-7-10(14(20)21-2)13(23-9)19-15(22)18-8-4-5-11(16)12(17)6-8/h4-7H,3H2,1-2H3,(H2,18,19,22). The minimum absolute atomic E-state index is 0.345. The number of aryl methyl sites for hydroxylation is 1. The normalized spacial score (nSPS) is 10.3. The molecule has 4 nitrogen and oxygen atoms in total. The van der Waals surface area contributed by atoms with Gasteiger partial charge in [0.25, 0.3) is 0 Å². The van der Waals surface area contributed by atoms with Gasteiger partial charge in [0.15, 0.2) is 5.11 Å². The number of carbonyl (C=O) groups is 1. The average Bonchev–Trinajstić information content (AvgIpc) is 2.93. The van der Waals surface area contributed by atoms with E-state index >= 15 is 0 Å². The molecule has 0 aliphatic rings. The molecule has 1 aromatic carbocycles. The summed E-state index contributed by atoms with van der Waals surface area (Å²) >= 11 is 18.6. The zero-order valence-electron chi connectivity index (χ0n) is 12.4. The van der Waals surface area contributed by atoms with Gasteiger partial charge < -0.3 is 15.4 Å². The molecule has 23 heavy (non-hydrogen) atoms. The number of esters is 1. The lowest BCUT2D eigenvalue weighted by molar-refractivity contribution is 0.0602. The fourth-order valence-corrected chi connectivity index (χ4v) is 3.38. The maximum absolute atomic E-state index is 11.8. The summed E-state index contributed by atoms with van der Waals surface area (Å²) in [6.45, 7) is 2.02. The SMILES string of the molecule is CCc1cc(C(=O)OC)c(NC(=S)Nc2ccc(Cl)c(Cl)c2)s1. The van der Waals surface area contributed by atoms with Crippen molar-refractivity contribution in [3.63, 3.8) is 0 Å². The number of carbonyl (C=O) groups excluding carboxylic acids is 1. The maximum Gasteiger partial charge on any atom is 0.340 e. The molecule has 0 aliphatic heterocycles. The molecule has 0 amide bonds. The Labute approximate surface area is 153 Å². The largest absolute Gasteiger partial charge is 0.465 e. The third kappa shape index (κ3) is 4.57. The van der Waals surface area contributed by atoms with Crippen molar-refractivity contribution in [3.05, 3.63) is 44.8 Å². The molecule has 2 aromatic rings. The third-order valence-corrected chi connectivity index (χ3v) is 5.08. The average molecular weight is 389 g/mol. The van der Waals surface area contributed by atoms with Crippen LogP contribution in [0.5, 0.6) is 0 Å². The number of benzene rings is 1. The Morgan fingerprint density at radius 2 is 2.00 bits per heavy atom. The summed E-state index contributed by atoms with van der Waals surface area (Å²) in [7, 11) is 1.35. The van der Waals surface area contributed by atoms with Gasteiger partial charge in [-0.2, -0.15) is 0 Å².